The van der Waals surface area contributed by atoms with Crippen molar-refractivity contribution in [2.24, 2.45) is 17.4 Å². The van der Waals surface area contributed by atoms with Crippen LogP contribution in [-0.2, 0) is 24.0 Å². The molecule has 0 aliphatic carbocycles. The van der Waals surface area contributed by atoms with Crippen LogP contribution in [0.3, 0.4) is 0 Å². The Morgan fingerprint density at radius 1 is 0.933 bits per heavy atom. The molecule has 0 aromatic carbocycles. The minimum Gasteiger partial charge on any atom is -0.480 e. The molecule has 0 aliphatic heterocycles. The average Bonchev–Trinajstić information content (AvgIpc) is 2.66. The number of primary amides is 1. The number of nitrogens with one attached hydrogen (secondary N) is 3. The van der Waals surface area contributed by atoms with Crippen LogP contribution < -0.4 is 27.4 Å². The van der Waals surface area contributed by atoms with Gasteiger partial charge in [0, 0.05) is 0 Å². The van der Waals surface area contributed by atoms with E-state index in [9.17, 15) is 29.1 Å². The third-order valence-corrected chi connectivity index (χ3v) is 4.45. The SMILES string of the molecule is CCC(C)C(NC(=O)C(N)C(C)O)C(=O)NC(CC(N)=O)C(=O)NC(CO)C(=O)O. The summed E-state index contributed by atoms with van der Waals surface area (Å²) >= 11 is 0. The number of aliphatic carboxylic acids is 1. The summed E-state index contributed by atoms with van der Waals surface area (Å²) in [7, 11) is 0. The first kappa shape index (κ1) is 27.2. The van der Waals surface area contributed by atoms with Crippen molar-refractivity contribution >= 4 is 29.6 Å². The number of amides is 4. The Kier molecular flexibility index (Phi) is 11.5. The monoisotopic (exact) mass is 433 g/mol. The summed E-state index contributed by atoms with van der Waals surface area (Å²) in [5.74, 6) is -5.59. The summed E-state index contributed by atoms with van der Waals surface area (Å²) in [4.78, 5) is 59.5. The number of carbonyl (C=O) groups excluding carboxylic acids is 4. The van der Waals surface area contributed by atoms with Gasteiger partial charge in [0.2, 0.25) is 23.6 Å². The Balaban J connectivity index is 5.51. The van der Waals surface area contributed by atoms with Gasteiger partial charge in [-0.25, -0.2) is 4.79 Å². The van der Waals surface area contributed by atoms with Crippen molar-refractivity contribution in [2.75, 3.05) is 6.61 Å². The van der Waals surface area contributed by atoms with E-state index in [0.29, 0.717) is 6.42 Å². The molecule has 0 bridgehead atoms. The fourth-order valence-electron chi connectivity index (χ4n) is 2.30. The minimum atomic E-state index is -1.65. The van der Waals surface area contributed by atoms with Gasteiger partial charge in [0.05, 0.1) is 19.1 Å². The largest absolute Gasteiger partial charge is 0.480 e. The van der Waals surface area contributed by atoms with Crippen molar-refractivity contribution in [3.8, 4) is 0 Å². The molecule has 0 saturated heterocycles. The first-order valence-electron chi connectivity index (χ1n) is 9.32. The summed E-state index contributed by atoms with van der Waals surface area (Å²) in [6, 6.07) is -5.66. The van der Waals surface area contributed by atoms with Gasteiger partial charge in [0.1, 0.15) is 24.2 Å². The van der Waals surface area contributed by atoms with E-state index in [1.807, 2.05) is 5.32 Å². The molecule has 0 rings (SSSR count). The van der Waals surface area contributed by atoms with Crippen LogP contribution in [-0.4, -0.2) is 81.8 Å². The van der Waals surface area contributed by atoms with Crippen molar-refractivity contribution < 1.29 is 39.3 Å². The molecule has 0 aromatic heterocycles. The molecule has 0 saturated carbocycles. The second-order valence-corrected chi connectivity index (χ2v) is 6.95. The lowest BCUT2D eigenvalue weighted by Crippen LogP contribution is -2.60. The van der Waals surface area contributed by atoms with Gasteiger partial charge in [-0.15, -0.1) is 0 Å². The van der Waals surface area contributed by atoms with E-state index in [0.717, 1.165) is 0 Å². The van der Waals surface area contributed by atoms with Crippen molar-refractivity contribution in [1.82, 2.24) is 16.0 Å². The van der Waals surface area contributed by atoms with E-state index < -0.39 is 78.8 Å². The molecule has 0 aromatic rings. The maximum absolute atomic E-state index is 12.7. The Bertz CT molecular complexity index is 642. The van der Waals surface area contributed by atoms with E-state index in [1.54, 1.807) is 13.8 Å². The number of hydrogen-bond acceptors (Lipinski definition) is 8. The fourth-order valence-corrected chi connectivity index (χ4v) is 2.30. The first-order valence-corrected chi connectivity index (χ1v) is 9.32. The van der Waals surface area contributed by atoms with Gasteiger partial charge in [-0.1, -0.05) is 20.3 Å². The quantitative estimate of drug-likeness (QED) is 0.142. The van der Waals surface area contributed by atoms with Crippen LogP contribution >= 0.6 is 0 Å². The standard InChI is InChI=1S/C17H31N5O8/c1-4-7(2)13(22-15(27)12(19)8(3)24)16(28)20-9(5-11(18)25)14(26)21-10(6-23)17(29)30/h7-10,12-13,23-24H,4-6,19H2,1-3H3,(H2,18,25)(H,20,28)(H,21,26)(H,22,27)(H,29,30). The molecular weight excluding hydrogens is 402 g/mol. The Morgan fingerprint density at radius 3 is 1.87 bits per heavy atom. The van der Waals surface area contributed by atoms with Crippen molar-refractivity contribution in [2.45, 2.75) is 63.9 Å². The van der Waals surface area contributed by atoms with Crippen molar-refractivity contribution in [1.29, 1.82) is 0 Å². The zero-order valence-corrected chi connectivity index (χ0v) is 17.1. The summed E-state index contributed by atoms with van der Waals surface area (Å²) < 4.78 is 0. The summed E-state index contributed by atoms with van der Waals surface area (Å²) in [6.45, 7) is 3.78. The lowest BCUT2D eigenvalue weighted by molar-refractivity contribution is -0.143. The van der Waals surface area contributed by atoms with Crippen LogP contribution in [0.2, 0.25) is 0 Å². The van der Waals surface area contributed by atoms with Gasteiger partial charge in [0.25, 0.3) is 0 Å². The van der Waals surface area contributed by atoms with E-state index >= 15 is 0 Å². The van der Waals surface area contributed by atoms with E-state index in [-0.39, 0.29) is 0 Å². The van der Waals surface area contributed by atoms with Crippen LogP contribution in [0.5, 0.6) is 0 Å². The second kappa shape index (κ2) is 12.7. The molecule has 0 fully saturated rings. The topological polar surface area (TPSA) is 234 Å². The highest BCUT2D eigenvalue weighted by Crippen LogP contribution is 2.10. The molecule has 10 N–H and O–H groups in total. The van der Waals surface area contributed by atoms with E-state index in [4.69, 9.17) is 21.7 Å². The predicted molar refractivity (Wildman–Crippen MR) is 103 cm³/mol. The molecule has 13 nitrogen and oxygen atoms in total. The lowest BCUT2D eigenvalue weighted by atomic mass is 9.97. The van der Waals surface area contributed by atoms with Crippen LogP contribution in [0.25, 0.3) is 0 Å². The zero-order chi connectivity index (χ0) is 23.6. The molecule has 4 amide bonds. The number of carboxylic acids is 1. The lowest BCUT2D eigenvalue weighted by Gasteiger charge is -2.28. The van der Waals surface area contributed by atoms with Crippen molar-refractivity contribution in [3.63, 3.8) is 0 Å². The van der Waals surface area contributed by atoms with Gasteiger partial charge < -0.3 is 42.7 Å². The van der Waals surface area contributed by atoms with Gasteiger partial charge in [0.15, 0.2) is 0 Å². The minimum absolute atomic E-state index is 0.420. The second-order valence-electron chi connectivity index (χ2n) is 6.95. The molecule has 30 heavy (non-hydrogen) atoms. The number of carbonyl (C=O) groups is 5. The molecule has 6 atom stereocenters. The number of carboxylic acid groups (broad SMARTS) is 1. The average molecular weight is 433 g/mol. The Labute approximate surface area is 173 Å². The molecule has 6 unspecified atom stereocenters. The van der Waals surface area contributed by atoms with Crippen LogP contribution in [0.4, 0.5) is 0 Å². The predicted octanol–water partition coefficient (Wildman–Crippen LogP) is -3.85. The van der Waals surface area contributed by atoms with Gasteiger partial charge in [-0.3, -0.25) is 19.2 Å². The van der Waals surface area contributed by atoms with Gasteiger partial charge in [-0.05, 0) is 12.8 Å². The highest BCUT2D eigenvalue weighted by Gasteiger charge is 2.33. The van der Waals surface area contributed by atoms with Crippen LogP contribution in [0.1, 0.15) is 33.6 Å². The normalized spacial score (nSPS) is 16.9. The van der Waals surface area contributed by atoms with E-state index in [2.05, 4.69) is 10.6 Å². The van der Waals surface area contributed by atoms with Gasteiger partial charge >= 0.3 is 5.97 Å². The molecule has 172 valence electrons. The molecular formula is C17H31N5O8. The summed E-state index contributed by atoms with van der Waals surface area (Å²) in [6.07, 6.45) is -1.38. The van der Waals surface area contributed by atoms with Crippen LogP contribution in [0.15, 0.2) is 0 Å². The third-order valence-electron chi connectivity index (χ3n) is 4.45. The molecule has 0 spiro atoms. The van der Waals surface area contributed by atoms with E-state index in [1.165, 1.54) is 6.92 Å². The van der Waals surface area contributed by atoms with Crippen LogP contribution in [0, 0.1) is 5.92 Å². The number of aliphatic hydroxyl groups is 2. The highest BCUT2D eigenvalue weighted by molar-refractivity contribution is 5.96. The highest BCUT2D eigenvalue weighted by atomic mass is 16.4. The summed E-state index contributed by atoms with van der Waals surface area (Å²) in [5, 5.41) is 34.0. The van der Waals surface area contributed by atoms with Gasteiger partial charge in [-0.2, -0.15) is 0 Å². The maximum Gasteiger partial charge on any atom is 0.328 e. The maximum atomic E-state index is 12.7. The number of nitrogens with two attached hydrogens (primary N) is 2. The number of rotatable bonds is 13. The van der Waals surface area contributed by atoms with Crippen molar-refractivity contribution in [3.05, 3.63) is 0 Å². The smallest absolute Gasteiger partial charge is 0.328 e. The fraction of sp³-hybridized carbons (Fsp3) is 0.706. The number of aliphatic hydroxyl groups excluding tert-OH is 2. The molecule has 13 heteroatoms. The zero-order valence-electron chi connectivity index (χ0n) is 17.1. The Hall–Kier alpha value is -2.77. The molecule has 0 radical (unpaired) electrons. The number of hydrogen-bond donors (Lipinski definition) is 8. The summed E-state index contributed by atoms with van der Waals surface area (Å²) in [5.41, 5.74) is 10.7. The first-order chi connectivity index (χ1) is 13.8. The Morgan fingerprint density at radius 2 is 1.47 bits per heavy atom. The molecule has 0 aliphatic rings. The molecule has 0 heterocycles. The third kappa shape index (κ3) is 8.71.